The maximum absolute atomic E-state index is 12.9. The van der Waals surface area contributed by atoms with Crippen LogP contribution in [0.2, 0.25) is 0 Å². The molecule has 2 atom stereocenters. The Bertz CT molecular complexity index is 495. The van der Waals surface area contributed by atoms with Crippen molar-refractivity contribution in [3.63, 3.8) is 0 Å². The lowest BCUT2D eigenvalue weighted by Gasteiger charge is -2.60. The van der Waals surface area contributed by atoms with E-state index in [1.807, 2.05) is 0 Å². The van der Waals surface area contributed by atoms with E-state index in [1.165, 1.54) is 39.2 Å². The number of hydrogen-bond donors (Lipinski definition) is 0. The van der Waals surface area contributed by atoms with Crippen LogP contribution in [0.1, 0.15) is 44.9 Å². The summed E-state index contributed by atoms with van der Waals surface area (Å²) in [7, 11) is 2.96. The van der Waals surface area contributed by atoms with Gasteiger partial charge in [0.15, 0.2) is 0 Å². The zero-order valence-corrected chi connectivity index (χ0v) is 16.3. The van der Waals surface area contributed by atoms with Gasteiger partial charge in [0.05, 0.1) is 13.7 Å². The van der Waals surface area contributed by atoms with E-state index >= 15 is 0 Å². The van der Waals surface area contributed by atoms with Crippen LogP contribution in [0.15, 0.2) is 0 Å². The van der Waals surface area contributed by atoms with Crippen LogP contribution in [-0.4, -0.2) is 55.0 Å². The number of rotatable bonds is 7. The number of nitrogens with zero attached hydrogens (tertiary/aromatic N) is 1. The summed E-state index contributed by atoms with van der Waals surface area (Å²) in [6.07, 6.45) is 7.82. The fourth-order valence-corrected chi connectivity index (χ4v) is 7.20. The van der Waals surface area contributed by atoms with Gasteiger partial charge in [-0.2, -0.15) is 0 Å². The zero-order valence-electron chi connectivity index (χ0n) is 14.7. The number of methoxy groups -OCH3 is 2. The molecule has 0 aliphatic heterocycles. The van der Waals surface area contributed by atoms with Crippen molar-refractivity contribution >= 4 is 27.8 Å². The third-order valence-corrected chi connectivity index (χ3v) is 7.03. The van der Waals surface area contributed by atoms with E-state index in [1.54, 1.807) is 12.0 Å². The Morgan fingerprint density at radius 3 is 2.38 bits per heavy atom. The molecule has 24 heavy (non-hydrogen) atoms. The molecular weight excluding hydrogens is 374 g/mol. The predicted molar refractivity (Wildman–Crippen MR) is 93.9 cm³/mol. The highest BCUT2D eigenvalue weighted by atomic mass is 79.9. The Labute approximate surface area is 152 Å². The van der Waals surface area contributed by atoms with Gasteiger partial charge in [0.1, 0.15) is 6.54 Å². The molecule has 0 heterocycles. The summed E-state index contributed by atoms with van der Waals surface area (Å²) >= 11 is 3.99. The van der Waals surface area contributed by atoms with Crippen LogP contribution in [0.3, 0.4) is 0 Å². The van der Waals surface area contributed by atoms with E-state index in [2.05, 4.69) is 15.9 Å². The zero-order chi connectivity index (χ0) is 17.4. The van der Waals surface area contributed by atoms with E-state index < -0.39 is 0 Å². The van der Waals surface area contributed by atoms with Gasteiger partial charge in [0, 0.05) is 24.4 Å². The molecule has 4 aliphatic carbocycles. The summed E-state index contributed by atoms with van der Waals surface area (Å²) < 4.78 is 10.1. The minimum Gasteiger partial charge on any atom is -0.468 e. The van der Waals surface area contributed by atoms with E-state index in [0.29, 0.717) is 19.6 Å². The number of esters is 1. The molecule has 0 spiro atoms. The molecule has 0 saturated heterocycles. The van der Waals surface area contributed by atoms with Gasteiger partial charge in [-0.15, -0.1) is 0 Å². The lowest BCUT2D eigenvalue weighted by molar-refractivity contribution is -0.150. The summed E-state index contributed by atoms with van der Waals surface area (Å²) in [6.45, 7) is 0.886. The second-order valence-electron chi connectivity index (χ2n) is 8.17. The Morgan fingerprint density at radius 2 is 1.83 bits per heavy atom. The molecule has 136 valence electrons. The maximum Gasteiger partial charge on any atom is 0.325 e. The molecule has 0 aromatic carbocycles. The summed E-state index contributed by atoms with van der Waals surface area (Å²) in [5.74, 6) is 1.20. The summed E-state index contributed by atoms with van der Waals surface area (Å²) in [5, 5.41) is 0. The molecule has 2 unspecified atom stereocenters. The first-order chi connectivity index (χ1) is 11.4. The fourth-order valence-electron chi connectivity index (χ4n) is 5.69. The summed E-state index contributed by atoms with van der Waals surface area (Å²) in [5.41, 5.74) is 0.117. The first-order valence-corrected chi connectivity index (χ1v) is 9.69. The quantitative estimate of drug-likeness (QED) is 0.486. The van der Waals surface area contributed by atoms with Crippen molar-refractivity contribution in [1.82, 2.24) is 4.90 Å². The molecule has 0 radical (unpaired) electrons. The van der Waals surface area contributed by atoms with E-state index in [9.17, 15) is 9.59 Å². The molecule has 1 amide bonds. The van der Waals surface area contributed by atoms with Crippen molar-refractivity contribution in [2.24, 2.45) is 17.3 Å². The Balaban J connectivity index is 1.68. The average Bonchev–Trinajstić information content (AvgIpc) is 2.47. The van der Waals surface area contributed by atoms with Gasteiger partial charge in [0.2, 0.25) is 5.91 Å². The minimum absolute atomic E-state index is 0.0150. The molecule has 4 fully saturated rings. The van der Waals surface area contributed by atoms with Crippen LogP contribution in [-0.2, 0) is 19.1 Å². The Hall–Kier alpha value is -0.620. The predicted octanol–water partition coefficient (Wildman–Crippen LogP) is 2.76. The third-order valence-electron chi connectivity index (χ3n) is 6.10. The van der Waals surface area contributed by atoms with Crippen LogP contribution >= 0.6 is 15.9 Å². The molecular formula is C18H28BrNO4. The number of amides is 1. The monoisotopic (exact) mass is 401 g/mol. The van der Waals surface area contributed by atoms with Crippen molar-refractivity contribution in [3.05, 3.63) is 0 Å². The third kappa shape index (κ3) is 3.79. The molecule has 4 saturated carbocycles. The molecule has 4 aliphatic rings. The highest BCUT2D eigenvalue weighted by Gasteiger charge is 2.57. The van der Waals surface area contributed by atoms with Gasteiger partial charge in [-0.05, 0) is 55.8 Å². The molecule has 0 N–H and O–H groups in total. The lowest BCUT2D eigenvalue weighted by Crippen LogP contribution is -2.54. The van der Waals surface area contributed by atoms with Gasteiger partial charge in [-0.25, -0.2) is 0 Å². The van der Waals surface area contributed by atoms with Crippen molar-refractivity contribution in [1.29, 1.82) is 0 Å². The van der Waals surface area contributed by atoms with Crippen LogP contribution in [0.4, 0.5) is 0 Å². The van der Waals surface area contributed by atoms with Crippen molar-refractivity contribution in [3.8, 4) is 0 Å². The minimum atomic E-state index is -0.373. The van der Waals surface area contributed by atoms with Crippen LogP contribution in [0, 0.1) is 17.3 Å². The molecule has 6 heteroatoms. The second kappa shape index (κ2) is 6.94. The number of carbonyl (C=O) groups is 2. The van der Waals surface area contributed by atoms with E-state index in [4.69, 9.17) is 9.47 Å². The molecule has 4 rings (SSSR count). The number of halogens is 1. The Kier molecular flexibility index (Phi) is 5.26. The normalized spacial score (nSPS) is 36.6. The average molecular weight is 402 g/mol. The van der Waals surface area contributed by atoms with Crippen molar-refractivity contribution in [2.75, 3.05) is 33.9 Å². The van der Waals surface area contributed by atoms with Crippen LogP contribution < -0.4 is 0 Å². The topological polar surface area (TPSA) is 55.8 Å². The lowest BCUT2D eigenvalue weighted by atomic mass is 9.48. The van der Waals surface area contributed by atoms with E-state index in [-0.39, 0.29) is 28.2 Å². The second-order valence-corrected chi connectivity index (χ2v) is 9.86. The van der Waals surface area contributed by atoms with Gasteiger partial charge in [-0.3, -0.25) is 9.59 Å². The number of hydrogen-bond acceptors (Lipinski definition) is 4. The fraction of sp³-hybridized carbons (Fsp3) is 0.889. The number of ether oxygens (including phenoxy) is 2. The van der Waals surface area contributed by atoms with Crippen LogP contribution in [0.25, 0.3) is 0 Å². The molecule has 0 aromatic rings. The smallest absolute Gasteiger partial charge is 0.325 e. The molecule has 4 bridgehead atoms. The Morgan fingerprint density at radius 1 is 1.17 bits per heavy atom. The van der Waals surface area contributed by atoms with Crippen molar-refractivity contribution in [2.45, 2.75) is 49.3 Å². The largest absolute Gasteiger partial charge is 0.468 e. The van der Waals surface area contributed by atoms with Gasteiger partial charge in [-0.1, -0.05) is 15.9 Å². The molecule has 0 aromatic heterocycles. The van der Waals surface area contributed by atoms with E-state index in [0.717, 1.165) is 18.3 Å². The van der Waals surface area contributed by atoms with Gasteiger partial charge < -0.3 is 14.4 Å². The molecule has 5 nitrogen and oxygen atoms in total. The van der Waals surface area contributed by atoms with Gasteiger partial charge >= 0.3 is 5.97 Å². The summed E-state index contributed by atoms with van der Waals surface area (Å²) in [6, 6.07) is 0. The maximum atomic E-state index is 12.9. The highest BCUT2D eigenvalue weighted by molar-refractivity contribution is 9.10. The summed E-state index contributed by atoms with van der Waals surface area (Å²) in [4.78, 5) is 26.2. The number of carbonyl (C=O) groups excluding carboxylic acids is 2. The standard InChI is InChI=1S/C18H28BrNO4/c1-23-4-3-20(11-16(22)24-2)15(21)10-17-6-13-5-14(7-17)9-18(19,8-13)12-17/h13-14H,3-12H2,1-2H3. The van der Waals surface area contributed by atoms with Crippen molar-refractivity contribution < 1.29 is 19.1 Å². The first-order valence-electron chi connectivity index (χ1n) is 8.89. The first kappa shape index (κ1) is 18.2. The number of alkyl halides is 1. The highest BCUT2D eigenvalue weighted by Crippen LogP contribution is 2.65. The van der Waals surface area contributed by atoms with Gasteiger partial charge in [0.25, 0.3) is 0 Å². The van der Waals surface area contributed by atoms with Crippen LogP contribution in [0.5, 0.6) is 0 Å². The SMILES string of the molecule is COCCN(CC(=O)OC)C(=O)CC12CC3CC(CC(Br)(C3)C1)C2.